The Morgan fingerprint density at radius 2 is 2.06 bits per heavy atom. The molecule has 2 N–H and O–H groups in total. The molecule has 1 aliphatic heterocycles. The highest BCUT2D eigenvalue weighted by atomic mass is 15.2. The highest BCUT2D eigenvalue weighted by Crippen LogP contribution is 2.18. The lowest BCUT2D eigenvalue weighted by molar-refractivity contribution is 0.230. The van der Waals surface area contributed by atoms with E-state index in [4.69, 9.17) is 5.73 Å². The van der Waals surface area contributed by atoms with Crippen LogP contribution in [0.3, 0.4) is 0 Å². The molecule has 1 rings (SSSR count). The summed E-state index contributed by atoms with van der Waals surface area (Å²) >= 11 is 0. The predicted molar refractivity (Wildman–Crippen MR) is 70.5 cm³/mol. The summed E-state index contributed by atoms with van der Waals surface area (Å²) in [5.41, 5.74) is 5.86. The Kier molecular flexibility index (Phi) is 5.73. The number of rotatable bonds is 6. The van der Waals surface area contributed by atoms with E-state index in [2.05, 4.69) is 37.7 Å². The molecular weight excluding hydrogens is 198 g/mol. The Morgan fingerprint density at radius 3 is 2.50 bits per heavy atom. The molecule has 0 amide bonds. The molecule has 3 heteroatoms. The second-order valence-electron chi connectivity index (χ2n) is 5.90. The van der Waals surface area contributed by atoms with Gasteiger partial charge in [0.25, 0.3) is 0 Å². The van der Waals surface area contributed by atoms with Crippen LogP contribution in [-0.2, 0) is 0 Å². The monoisotopic (exact) mass is 227 g/mol. The van der Waals surface area contributed by atoms with E-state index < -0.39 is 0 Å². The van der Waals surface area contributed by atoms with Crippen molar-refractivity contribution >= 4 is 0 Å². The van der Waals surface area contributed by atoms with Gasteiger partial charge in [-0.1, -0.05) is 13.8 Å². The first-order chi connectivity index (χ1) is 7.52. The minimum Gasteiger partial charge on any atom is -0.330 e. The van der Waals surface area contributed by atoms with Crippen molar-refractivity contribution in [3.05, 3.63) is 0 Å². The average Bonchev–Trinajstić information content (AvgIpc) is 2.64. The van der Waals surface area contributed by atoms with E-state index in [-0.39, 0.29) is 0 Å². The lowest BCUT2D eigenvalue weighted by atomic mass is 9.97. The van der Waals surface area contributed by atoms with Crippen molar-refractivity contribution < 1.29 is 0 Å². The summed E-state index contributed by atoms with van der Waals surface area (Å²) in [5.74, 6) is 1.45. The van der Waals surface area contributed by atoms with Gasteiger partial charge in [0.15, 0.2) is 0 Å². The zero-order chi connectivity index (χ0) is 12.1. The third-order valence-electron chi connectivity index (χ3n) is 3.63. The zero-order valence-electron chi connectivity index (χ0n) is 11.4. The number of likely N-dealkylation sites (tertiary alicyclic amines) is 1. The van der Waals surface area contributed by atoms with Crippen LogP contribution in [0.5, 0.6) is 0 Å². The first-order valence-corrected chi connectivity index (χ1v) is 6.61. The molecule has 96 valence electrons. The van der Waals surface area contributed by atoms with Crippen molar-refractivity contribution in [2.75, 3.05) is 40.3 Å². The first-order valence-electron chi connectivity index (χ1n) is 6.61. The molecule has 0 aromatic rings. The SMILES string of the molecule is CC(C)CC(CN)CN1CCC(N(C)C)C1. The van der Waals surface area contributed by atoms with E-state index in [0.717, 1.165) is 18.5 Å². The molecule has 0 spiro atoms. The Labute approximate surface area is 101 Å². The van der Waals surface area contributed by atoms with Gasteiger partial charge in [-0.3, -0.25) is 0 Å². The third-order valence-corrected chi connectivity index (χ3v) is 3.63. The summed E-state index contributed by atoms with van der Waals surface area (Å²) in [7, 11) is 4.37. The Balaban J connectivity index is 2.31. The van der Waals surface area contributed by atoms with Gasteiger partial charge in [-0.05, 0) is 51.9 Å². The van der Waals surface area contributed by atoms with Gasteiger partial charge in [0, 0.05) is 19.1 Å². The first kappa shape index (κ1) is 13.9. The Morgan fingerprint density at radius 1 is 1.38 bits per heavy atom. The lowest BCUT2D eigenvalue weighted by Crippen LogP contribution is -2.35. The van der Waals surface area contributed by atoms with Crippen molar-refractivity contribution in [1.82, 2.24) is 9.80 Å². The van der Waals surface area contributed by atoms with Crippen LogP contribution in [0.15, 0.2) is 0 Å². The molecule has 0 aliphatic carbocycles. The summed E-state index contributed by atoms with van der Waals surface area (Å²) in [4.78, 5) is 4.93. The van der Waals surface area contributed by atoms with Gasteiger partial charge in [0.05, 0.1) is 0 Å². The summed E-state index contributed by atoms with van der Waals surface area (Å²) in [6.07, 6.45) is 2.58. The van der Waals surface area contributed by atoms with Gasteiger partial charge < -0.3 is 15.5 Å². The van der Waals surface area contributed by atoms with Crippen molar-refractivity contribution in [1.29, 1.82) is 0 Å². The van der Waals surface area contributed by atoms with Gasteiger partial charge in [0.2, 0.25) is 0 Å². The van der Waals surface area contributed by atoms with Gasteiger partial charge in [-0.2, -0.15) is 0 Å². The van der Waals surface area contributed by atoms with Gasteiger partial charge in [-0.15, -0.1) is 0 Å². The Bertz CT molecular complexity index is 192. The lowest BCUT2D eigenvalue weighted by Gasteiger charge is -2.25. The topological polar surface area (TPSA) is 32.5 Å². The van der Waals surface area contributed by atoms with Crippen LogP contribution >= 0.6 is 0 Å². The summed E-state index contributed by atoms with van der Waals surface area (Å²) < 4.78 is 0. The van der Waals surface area contributed by atoms with Crippen LogP contribution < -0.4 is 5.73 Å². The second-order valence-corrected chi connectivity index (χ2v) is 5.90. The van der Waals surface area contributed by atoms with E-state index in [9.17, 15) is 0 Å². The number of hydrogen-bond donors (Lipinski definition) is 1. The molecular formula is C13H29N3. The van der Waals surface area contributed by atoms with E-state index in [1.54, 1.807) is 0 Å². The fourth-order valence-corrected chi connectivity index (χ4v) is 2.68. The zero-order valence-corrected chi connectivity index (χ0v) is 11.4. The molecule has 3 nitrogen and oxygen atoms in total. The van der Waals surface area contributed by atoms with Crippen molar-refractivity contribution in [2.45, 2.75) is 32.7 Å². The molecule has 2 unspecified atom stereocenters. The number of nitrogens with two attached hydrogens (primary N) is 1. The minimum absolute atomic E-state index is 0.681. The van der Waals surface area contributed by atoms with Gasteiger partial charge in [0.1, 0.15) is 0 Å². The third kappa shape index (κ3) is 4.40. The number of likely N-dealkylation sites (N-methyl/N-ethyl adjacent to an activating group) is 1. The van der Waals surface area contributed by atoms with Crippen LogP contribution in [0.4, 0.5) is 0 Å². The molecule has 0 aromatic heterocycles. The Hall–Kier alpha value is -0.120. The molecule has 2 atom stereocenters. The van der Waals surface area contributed by atoms with Crippen LogP contribution in [-0.4, -0.2) is 56.1 Å². The predicted octanol–water partition coefficient (Wildman–Crippen LogP) is 1.24. The van der Waals surface area contributed by atoms with Gasteiger partial charge >= 0.3 is 0 Å². The van der Waals surface area contributed by atoms with Crippen molar-refractivity contribution in [2.24, 2.45) is 17.6 Å². The maximum atomic E-state index is 5.86. The van der Waals surface area contributed by atoms with Crippen LogP contribution in [0, 0.1) is 11.8 Å². The van der Waals surface area contributed by atoms with Crippen molar-refractivity contribution in [3.8, 4) is 0 Å². The minimum atomic E-state index is 0.681. The fourth-order valence-electron chi connectivity index (χ4n) is 2.68. The fraction of sp³-hybridized carbons (Fsp3) is 1.00. The smallest absolute Gasteiger partial charge is 0.0229 e. The van der Waals surface area contributed by atoms with E-state index in [1.807, 2.05) is 0 Å². The molecule has 0 aromatic carbocycles. The van der Waals surface area contributed by atoms with E-state index in [0.29, 0.717) is 5.92 Å². The quantitative estimate of drug-likeness (QED) is 0.741. The highest BCUT2D eigenvalue weighted by Gasteiger charge is 2.25. The summed E-state index contributed by atoms with van der Waals surface area (Å²) in [5, 5.41) is 0. The van der Waals surface area contributed by atoms with E-state index in [1.165, 1.54) is 32.5 Å². The van der Waals surface area contributed by atoms with Crippen LogP contribution in [0.1, 0.15) is 26.7 Å². The highest BCUT2D eigenvalue weighted by molar-refractivity contribution is 4.82. The maximum Gasteiger partial charge on any atom is 0.0229 e. The molecule has 1 saturated heterocycles. The maximum absolute atomic E-state index is 5.86. The molecule has 0 bridgehead atoms. The van der Waals surface area contributed by atoms with Crippen LogP contribution in [0.2, 0.25) is 0 Å². The average molecular weight is 227 g/mol. The molecule has 1 aliphatic rings. The standard InChI is InChI=1S/C13H29N3/c1-11(2)7-12(8-14)9-16-6-5-13(10-16)15(3)4/h11-13H,5-10,14H2,1-4H3. The molecule has 1 fully saturated rings. The van der Waals surface area contributed by atoms with Gasteiger partial charge in [-0.25, -0.2) is 0 Å². The largest absolute Gasteiger partial charge is 0.330 e. The molecule has 16 heavy (non-hydrogen) atoms. The van der Waals surface area contributed by atoms with Crippen molar-refractivity contribution in [3.63, 3.8) is 0 Å². The summed E-state index contributed by atoms with van der Waals surface area (Å²) in [6, 6.07) is 0.748. The number of nitrogens with zero attached hydrogens (tertiary/aromatic N) is 2. The molecule has 1 heterocycles. The molecule has 0 radical (unpaired) electrons. The van der Waals surface area contributed by atoms with Crippen LogP contribution in [0.25, 0.3) is 0 Å². The molecule has 0 saturated carbocycles. The summed E-state index contributed by atoms with van der Waals surface area (Å²) in [6.45, 7) is 9.07. The number of hydrogen-bond acceptors (Lipinski definition) is 3. The van der Waals surface area contributed by atoms with E-state index >= 15 is 0 Å². The normalized spacial score (nSPS) is 24.6. The second kappa shape index (κ2) is 6.58.